The zero-order valence-corrected chi connectivity index (χ0v) is 10.7. The minimum absolute atomic E-state index is 0.277. The van der Waals surface area contributed by atoms with Crippen molar-refractivity contribution >= 4 is 17.3 Å². The summed E-state index contributed by atoms with van der Waals surface area (Å²) in [6.07, 6.45) is 6.41. The van der Waals surface area contributed by atoms with Crippen molar-refractivity contribution in [2.45, 2.75) is 38.5 Å². The van der Waals surface area contributed by atoms with Gasteiger partial charge in [-0.05, 0) is 48.9 Å². The zero-order valence-electron chi connectivity index (χ0n) is 10.7. The van der Waals surface area contributed by atoms with Gasteiger partial charge in [-0.3, -0.25) is 4.79 Å². The average molecular weight is 244 g/mol. The van der Waals surface area contributed by atoms with E-state index in [0.29, 0.717) is 6.42 Å². The Hall–Kier alpha value is -1.51. The number of aryl methyl sites for hydroxylation is 1. The molecule has 1 aromatic rings. The smallest absolute Gasteiger partial charge is 0.226 e. The minimum atomic E-state index is 0.277. The molecule has 0 bridgehead atoms. The highest BCUT2D eigenvalue weighted by molar-refractivity contribution is 5.95. The largest absolute Gasteiger partial charge is 0.399 e. The van der Waals surface area contributed by atoms with Crippen LogP contribution in [0, 0.1) is 5.92 Å². The van der Waals surface area contributed by atoms with Gasteiger partial charge in [0.25, 0.3) is 0 Å². The fourth-order valence-corrected chi connectivity index (χ4v) is 2.73. The van der Waals surface area contributed by atoms with Gasteiger partial charge in [-0.15, -0.1) is 0 Å². The summed E-state index contributed by atoms with van der Waals surface area (Å²) in [5, 5.41) is 0. The maximum atomic E-state index is 12.2. The van der Waals surface area contributed by atoms with Gasteiger partial charge >= 0.3 is 0 Å². The molecule has 96 valence electrons. The number of nitrogens with zero attached hydrogens (tertiary/aromatic N) is 1. The van der Waals surface area contributed by atoms with Gasteiger partial charge in [0.05, 0.1) is 0 Å². The average Bonchev–Trinajstić information content (AvgIpc) is 3.15. The van der Waals surface area contributed by atoms with E-state index in [0.717, 1.165) is 43.1 Å². The van der Waals surface area contributed by atoms with E-state index < -0.39 is 0 Å². The number of benzene rings is 1. The van der Waals surface area contributed by atoms with Gasteiger partial charge in [-0.2, -0.15) is 0 Å². The summed E-state index contributed by atoms with van der Waals surface area (Å²) in [7, 11) is 0. The molecule has 1 aromatic carbocycles. The van der Waals surface area contributed by atoms with Crippen LogP contribution in [0.15, 0.2) is 18.2 Å². The molecular formula is C15H20N2O. The van der Waals surface area contributed by atoms with Crippen molar-refractivity contribution in [3.63, 3.8) is 0 Å². The molecule has 1 saturated carbocycles. The summed E-state index contributed by atoms with van der Waals surface area (Å²) >= 11 is 0. The molecule has 2 aliphatic rings. The Labute approximate surface area is 108 Å². The third kappa shape index (κ3) is 2.35. The Kier molecular flexibility index (Phi) is 2.98. The summed E-state index contributed by atoms with van der Waals surface area (Å²) in [4.78, 5) is 14.2. The number of carbonyl (C=O) groups excluding carboxylic acids is 1. The lowest BCUT2D eigenvalue weighted by Crippen LogP contribution is -2.31. The van der Waals surface area contributed by atoms with Crippen molar-refractivity contribution < 1.29 is 4.79 Å². The van der Waals surface area contributed by atoms with Crippen LogP contribution >= 0.6 is 0 Å². The molecule has 1 aliphatic heterocycles. The van der Waals surface area contributed by atoms with Crippen molar-refractivity contribution in [3.05, 3.63) is 23.8 Å². The van der Waals surface area contributed by atoms with E-state index in [4.69, 9.17) is 5.73 Å². The summed E-state index contributed by atoms with van der Waals surface area (Å²) in [5.41, 5.74) is 8.96. The quantitative estimate of drug-likeness (QED) is 0.831. The normalized spacial score (nSPS) is 19.6. The fourth-order valence-electron chi connectivity index (χ4n) is 2.73. The Bertz CT molecular complexity index is 466. The second-order valence-corrected chi connectivity index (χ2v) is 5.52. The van der Waals surface area contributed by atoms with E-state index >= 15 is 0 Å². The number of carbonyl (C=O) groups is 1. The van der Waals surface area contributed by atoms with E-state index in [1.807, 2.05) is 23.1 Å². The Morgan fingerprint density at radius 2 is 2.11 bits per heavy atom. The van der Waals surface area contributed by atoms with E-state index in [-0.39, 0.29) is 5.91 Å². The van der Waals surface area contributed by atoms with Crippen LogP contribution in [0.2, 0.25) is 0 Å². The number of hydrogen-bond acceptors (Lipinski definition) is 2. The monoisotopic (exact) mass is 244 g/mol. The van der Waals surface area contributed by atoms with Crippen LogP contribution in [0.25, 0.3) is 0 Å². The summed E-state index contributed by atoms with van der Waals surface area (Å²) < 4.78 is 0. The highest BCUT2D eigenvalue weighted by atomic mass is 16.2. The number of nitrogen functional groups attached to an aromatic ring is 1. The molecular weight excluding hydrogens is 224 g/mol. The second kappa shape index (κ2) is 4.63. The maximum absolute atomic E-state index is 12.2. The summed E-state index contributed by atoms with van der Waals surface area (Å²) in [5.74, 6) is 1.14. The third-order valence-electron chi connectivity index (χ3n) is 3.99. The van der Waals surface area contributed by atoms with Gasteiger partial charge in [-0.25, -0.2) is 0 Å². The van der Waals surface area contributed by atoms with Gasteiger partial charge in [0.1, 0.15) is 0 Å². The van der Waals surface area contributed by atoms with Crippen molar-refractivity contribution in [1.29, 1.82) is 0 Å². The van der Waals surface area contributed by atoms with Crippen LogP contribution < -0.4 is 10.6 Å². The van der Waals surface area contributed by atoms with Crippen molar-refractivity contribution in [2.75, 3.05) is 17.2 Å². The first-order valence-corrected chi connectivity index (χ1v) is 6.93. The molecule has 0 radical (unpaired) electrons. The number of anilines is 2. The predicted molar refractivity (Wildman–Crippen MR) is 73.5 cm³/mol. The molecule has 1 amide bonds. The first-order valence-electron chi connectivity index (χ1n) is 6.93. The van der Waals surface area contributed by atoms with Crippen LogP contribution in [0.4, 0.5) is 11.4 Å². The molecule has 1 fully saturated rings. The number of amides is 1. The molecule has 2 N–H and O–H groups in total. The molecule has 0 aromatic heterocycles. The topological polar surface area (TPSA) is 46.3 Å². The molecule has 0 unspecified atom stereocenters. The maximum Gasteiger partial charge on any atom is 0.226 e. The fraction of sp³-hybridized carbons (Fsp3) is 0.533. The van der Waals surface area contributed by atoms with Gasteiger partial charge in [0, 0.05) is 24.3 Å². The van der Waals surface area contributed by atoms with Crippen LogP contribution in [0.5, 0.6) is 0 Å². The number of fused-ring (bicyclic) bond motifs is 1. The van der Waals surface area contributed by atoms with E-state index in [2.05, 4.69) is 0 Å². The van der Waals surface area contributed by atoms with Gasteiger partial charge in [0.2, 0.25) is 5.91 Å². The zero-order chi connectivity index (χ0) is 12.5. The SMILES string of the molecule is Nc1ccc2c(c1)CCCC(=O)N2CCC1CC1. The Morgan fingerprint density at radius 1 is 1.28 bits per heavy atom. The van der Waals surface area contributed by atoms with Gasteiger partial charge < -0.3 is 10.6 Å². The van der Waals surface area contributed by atoms with Crippen molar-refractivity contribution in [1.82, 2.24) is 0 Å². The highest BCUT2D eigenvalue weighted by Gasteiger charge is 2.26. The molecule has 0 spiro atoms. The number of rotatable bonds is 3. The standard InChI is InChI=1S/C15H20N2O/c16-13-6-7-14-12(10-13)2-1-3-15(18)17(14)9-8-11-4-5-11/h6-7,10-11H,1-5,8-9,16H2. The van der Waals surface area contributed by atoms with Gasteiger partial charge in [-0.1, -0.05) is 12.8 Å². The molecule has 18 heavy (non-hydrogen) atoms. The first-order chi connectivity index (χ1) is 8.74. The van der Waals surface area contributed by atoms with E-state index in [1.54, 1.807) is 0 Å². The van der Waals surface area contributed by atoms with E-state index in [9.17, 15) is 4.79 Å². The third-order valence-corrected chi connectivity index (χ3v) is 3.99. The van der Waals surface area contributed by atoms with E-state index in [1.165, 1.54) is 18.4 Å². The Balaban J connectivity index is 1.86. The molecule has 0 atom stereocenters. The lowest BCUT2D eigenvalue weighted by molar-refractivity contribution is -0.118. The van der Waals surface area contributed by atoms with Crippen LogP contribution in [-0.2, 0) is 11.2 Å². The molecule has 1 heterocycles. The molecule has 0 saturated heterocycles. The molecule has 3 rings (SSSR count). The van der Waals surface area contributed by atoms with Gasteiger partial charge in [0.15, 0.2) is 0 Å². The van der Waals surface area contributed by atoms with Crippen LogP contribution in [0.3, 0.4) is 0 Å². The first kappa shape index (κ1) is 11.6. The van der Waals surface area contributed by atoms with Crippen molar-refractivity contribution in [2.24, 2.45) is 5.92 Å². The van der Waals surface area contributed by atoms with Crippen LogP contribution in [0.1, 0.15) is 37.7 Å². The highest BCUT2D eigenvalue weighted by Crippen LogP contribution is 2.34. The molecule has 3 nitrogen and oxygen atoms in total. The summed E-state index contributed by atoms with van der Waals surface area (Å²) in [6, 6.07) is 5.94. The minimum Gasteiger partial charge on any atom is -0.399 e. The van der Waals surface area contributed by atoms with Crippen molar-refractivity contribution in [3.8, 4) is 0 Å². The lowest BCUT2D eigenvalue weighted by Gasteiger charge is -2.23. The number of nitrogens with two attached hydrogens (primary N) is 1. The lowest BCUT2D eigenvalue weighted by atomic mass is 10.1. The summed E-state index contributed by atoms with van der Waals surface area (Å²) in [6.45, 7) is 0.875. The molecule has 1 aliphatic carbocycles. The predicted octanol–water partition coefficient (Wildman–Crippen LogP) is 2.74. The number of hydrogen-bond donors (Lipinski definition) is 1. The second-order valence-electron chi connectivity index (χ2n) is 5.52. The Morgan fingerprint density at radius 3 is 2.89 bits per heavy atom. The molecule has 3 heteroatoms. The van der Waals surface area contributed by atoms with Crippen LogP contribution in [-0.4, -0.2) is 12.5 Å².